The molecule has 1 saturated heterocycles. The lowest BCUT2D eigenvalue weighted by Crippen LogP contribution is -2.50. The Bertz CT molecular complexity index is 264. The highest BCUT2D eigenvalue weighted by atomic mass is 15.3. The molecule has 0 aromatic carbocycles. The summed E-state index contributed by atoms with van der Waals surface area (Å²) in [5.41, 5.74) is 0. The lowest BCUT2D eigenvalue weighted by molar-refractivity contribution is 0.109. The number of unbranched alkanes of at least 4 members (excludes halogenated alkanes) is 5. The van der Waals surface area contributed by atoms with Crippen LogP contribution >= 0.6 is 0 Å². The van der Waals surface area contributed by atoms with E-state index in [0.717, 1.165) is 39.0 Å². The molecule has 20 heavy (non-hydrogen) atoms. The average molecular weight is 279 g/mol. The number of nitrogens with zero attached hydrogens (tertiary/aromatic N) is 3. The number of hydrogen-bond donors (Lipinski definition) is 0. The zero-order valence-corrected chi connectivity index (χ0v) is 13.6. The number of rotatable bonds is 10. The van der Waals surface area contributed by atoms with Gasteiger partial charge in [0.15, 0.2) is 0 Å². The van der Waals surface area contributed by atoms with E-state index in [9.17, 15) is 5.26 Å². The maximum Gasteiger partial charge on any atom is 0.0978 e. The molecule has 1 fully saturated rings. The average Bonchev–Trinajstić information content (AvgIpc) is 2.49. The fourth-order valence-corrected chi connectivity index (χ4v) is 3.02. The van der Waals surface area contributed by atoms with E-state index in [4.69, 9.17) is 0 Å². The molecule has 0 aromatic heterocycles. The third-order valence-corrected chi connectivity index (χ3v) is 4.39. The fourth-order valence-electron chi connectivity index (χ4n) is 3.02. The van der Waals surface area contributed by atoms with Gasteiger partial charge in [-0.1, -0.05) is 52.4 Å². The minimum Gasteiger partial charge on any atom is -0.301 e. The van der Waals surface area contributed by atoms with Crippen LogP contribution in [0.15, 0.2) is 0 Å². The molecule has 0 radical (unpaired) electrons. The van der Waals surface area contributed by atoms with Crippen molar-refractivity contribution < 1.29 is 0 Å². The van der Waals surface area contributed by atoms with E-state index in [2.05, 4.69) is 29.7 Å². The third-order valence-electron chi connectivity index (χ3n) is 4.39. The first kappa shape index (κ1) is 17.5. The second-order valence-corrected chi connectivity index (χ2v) is 6.08. The largest absolute Gasteiger partial charge is 0.301 e. The van der Waals surface area contributed by atoms with Crippen molar-refractivity contribution in [3.63, 3.8) is 0 Å². The van der Waals surface area contributed by atoms with Crippen molar-refractivity contribution in [1.82, 2.24) is 9.80 Å². The summed E-state index contributed by atoms with van der Waals surface area (Å²) in [5.74, 6) is 0. The highest BCUT2D eigenvalue weighted by Gasteiger charge is 2.22. The van der Waals surface area contributed by atoms with Gasteiger partial charge in [-0.3, -0.25) is 4.90 Å². The van der Waals surface area contributed by atoms with Crippen LogP contribution in [-0.4, -0.2) is 48.6 Å². The summed E-state index contributed by atoms with van der Waals surface area (Å²) in [6, 6.07) is 2.62. The summed E-state index contributed by atoms with van der Waals surface area (Å²) in [5, 5.41) is 9.21. The summed E-state index contributed by atoms with van der Waals surface area (Å²) < 4.78 is 0. The van der Waals surface area contributed by atoms with Crippen LogP contribution in [0.4, 0.5) is 0 Å². The Labute approximate surface area is 125 Å². The first-order chi connectivity index (χ1) is 9.81. The van der Waals surface area contributed by atoms with Gasteiger partial charge in [-0.25, -0.2) is 0 Å². The first-order valence-corrected chi connectivity index (χ1v) is 8.67. The van der Waals surface area contributed by atoms with Crippen molar-refractivity contribution >= 4 is 0 Å². The monoisotopic (exact) mass is 279 g/mol. The van der Waals surface area contributed by atoms with Gasteiger partial charge in [0.05, 0.1) is 12.1 Å². The summed E-state index contributed by atoms with van der Waals surface area (Å²) in [6.07, 6.45) is 10.4. The summed E-state index contributed by atoms with van der Waals surface area (Å²) in [4.78, 5) is 4.96. The van der Waals surface area contributed by atoms with Gasteiger partial charge >= 0.3 is 0 Å². The van der Waals surface area contributed by atoms with Gasteiger partial charge in [0.1, 0.15) is 0 Å². The Morgan fingerprint density at radius 2 is 1.55 bits per heavy atom. The van der Waals surface area contributed by atoms with E-state index in [-0.39, 0.29) is 6.04 Å². The van der Waals surface area contributed by atoms with Crippen molar-refractivity contribution in [2.45, 2.75) is 71.3 Å². The number of piperazine rings is 1. The SMILES string of the molecule is CCCCCCCCN1CCN(C(C#N)CCC)CC1. The van der Waals surface area contributed by atoms with E-state index < -0.39 is 0 Å². The quantitative estimate of drug-likeness (QED) is 0.572. The molecular weight excluding hydrogens is 246 g/mol. The lowest BCUT2D eigenvalue weighted by Gasteiger charge is -2.36. The van der Waals surface area contributed by atoms with Crippen molar-refractivity contribution in [3.8, 4) is 6.07 Å². The third kappa shape index (κ3) is 6.72. The molecule has 0 aromatic rings. The fraction of sp³-hybridized carbons (Fsp3) is 0.941. The van der Waals surface area contributed by atoms with Crippen LogP contribution in [0.25, 0.3) is 0 Å². The van der Waals surface area contributed by atoms with E-state index >= 15 is 0 Å². The van der Waals surface area contributed by atoms with Gasteiger partial charge in [0, 0.05) is 26.2 Å². The highest BCUT2D eigenvalue weighted by molar-refractivity contribution is 4.93. The van der Waals surface area contributed by atoms with Gasteiger partial charge in [0.25, 0.3) is 0 Å². The molecule has 3 nitrogen and oxygen atoms in total. The molecule has 1 aliphatic rings. The van der Waals surface area contributed by atoms with Gasteiger partial charge in [-0.15, -0.1) is 0 Å². The molecule has 0 N–H and O–H groups in total. The maximum absolute atomic E-state index is 9.21. The Balaban J connectivity index is 2.08. The van der Waals surface area contributed by atoms with Crippen molar-refractivity contribution in [2.24, 2.45) is 0 Å². The Morgan fingerprint density at radius 3 is 2.15 bits per heavy atom. The van der Waals surface area contributed by atoms with Gasteiger partial charge in [-0.2, -0.15) is 5.26 Å². The Morgan fingerprint density at radius 1 is 0.900 bits per heavy atom. The van der Waals surface area contributed by atoms with E-state index in [1.54, 1.807) is 0 Å². The molecule has 1 heterocycles. The molecule has 1 rings (SSSR count). The number of nitriles is 1. The van der Waals surface area contributed by atoms with Gasteiger partial charge in [0.2, 0.25) is 0 Å². The Kier molecular flexibility index (Phi) is 9.70. The van der Waals surface area contributed by atoms with Gasteiger partial charge in [-0.05, 0) is 19.4 Å². The van der Waals surface area contributed by atoms with Crippen LogP contribution in [0.1, 0.15) is 65.2 Å². The maximum atomic E-state index is 9.21. The van der Waals surface area contributed by atoms with Crippen LogP contribution in [0.5, 0.6) is 0 Å². The second kappa shape index (κ2) is 11.1. The van der Waals surface area contributed by atoms with Crippen molar-refractivity contribution in [2.75, 3.05) is 32.7 Å². The van der Waals surface area contributed by atoms with Crippen LogP contribution in [-0.2, 0) is 0 Å². The van der Waals surface area contributed by atoms with E-state index in [0.29, 0.717) is 0 Å². The first-order valence-electron chi connectivity index (χ1n) is 8.67. The minimum absolute atomic E-state index is 0.149. The van der Waals surface area contributed by atoms with Crippen LogP contribution in [0.2, 0.25) is 0 Å². The molecule has 0 amide bonds. The molecule has 1 atom stereocenters. The van der Waals surface area contributed by atoms with E-state index in [1.165, 1.54) is 45.1 Å². The lowest BCUT2D eigenvalue weighted by atomic mass is 10.1. The summed E-state index contributed by atoms with van der Waals surface area (Å²) in [6.45, 7) is 10.1. The predicted molar refractivity (Wildman–Crippen MR) is 85.7 cm³/mol. The zero-order chi connectivity index (χ0) is 14.6. The number of hydrogen-bond acceptors (Lipinski definition) is 3. The second-order valence-electron chi connectivity index (χ2n) is 6.08. The van der Waals surface area contributed by atoms with Crippen molar-refractivity contribution in [3.05, 3.63) is 0 Å². The molecular formula is C17H33N3. The zero-order valence-electron chi connectivity index (χ0n) is 13.6. The van der Waals surface area contributed by atoms with E-state index in [1.807, 2.05) is 0 Å². The van der Waals surface area contributed by atoms with Crippen molar-refractivity contribution in [1.29, 1.82) is 5.26 Å². The normalized spacial score (nSPS) is 18.9. The predicted octanol–water partition coefficient (Wildman–Crippen LogP) is 3.66. The summed E-state index contributed by atoms with van der Waals surface area (Å²) >= 11 is 0. The van der Waals surface area contributed by atoms with Crippen LogP contribution in [0, 0.1) is 11.3 Å². The molecule has 116 valence electrons. The molecule has 0 bridgehead atoms. The molecule has 1 unspecified atom stereocenters. The van der Waals surface area contributed by atoms with Crippen LogP contribution in [0.3, 0.4) is 0 Å². The smallest absolute Gasteiger partial charge is 0.0978 e. The highest BCUT2D eigenvalue weighted by Crippen LogP contribution is 2.12. The molecule has 0 aliphatic carbocycles. The Hall–Kier alpha value is -0.590. The molecule has 0 spiro atoms. The topological polar surface area (TPSA) is 30.3 Å². The standard InChI is InChI=1S/C17H33N3/c1-3-5-6-7-8-9-11-19-12-14-20(15-13-19)17(16-18)10-4-2/h17H,3-15H2,1-2H3. The summed E-state index contributed by atoms with van der Waals surface area (Å²) in [7, 11) is 0. The van der Waals surface area contributed by atoms with Crippen LogP contribution < -0.4 is 0 Å². The molecule has 1 aliphatic heterocycles. The van der Waals surface area contributed by atoms with Gasteiger partial charge < -0.3 is 4.90 Å². The molecule has 0 saturated carbocycles. The molecule has 3 heteroatoms. The minimum atomic E-state index is 0.149.